The Labute approximate surface area is 131 Å². The van der Waals surface area contributed by atoms with Gasteiger partial charge in [0.05, 0.1) is 30.6 Å². The molecular weight excluding hydrogens is 302 g/mol. The highest BCUT2D eigenvalue weighted by molar-refractivity contribution is 7.91. The number of carbonyl (C=O) groups excluding carboxylic acids is 1. The molecule has 0 saturated carbocycles. The summed E-state index contributed by atoms with van der Waals surface area (Å²) in [4.78, 5) is 14.3. The maximum Gasteiger partial charge on any atom is 0.227 e. The minimum Gasteiger partial charge on any atom is -0.394 e. The van der Waals surface area contributed by atoms with Crippen LogP contribution in [0.15, 0.2) is 30.3 Å². The third-order valence-corrected chi connectivity index (χ3v) is 5.91. The largest absolute Gasteiger partial charge is 0.394 e. The number of nitrogens with zero attached hydrogens (tertiary/aromatic N) is 1. The number of sulfone groups is 1. The van der Waals surface area contributed by atoms with Crippen molar-refractivity contribution in [1.82, 2.24) is 4.90 Å². The molecular formula is C16H23NO4S. The van der Waals surface area contributed by atoms with Crippen molar-refractivity contribution in [2.24, 2.45) is 0 Å². The first kappa shape index (κ1) is 17.0. The standard InChI is InChI=1S/C16H23NO4S/c1-2-14(11-18)17(15-8-9-22(20,21)12-15)16(19)10-13-6-4-3-5-7-13/h3-7,14-15,18H,2,8-12H2,1H3/t14-,15-/m0/s1. The second-order valence-corrected chi connectivity index (χ2v) is 7.99. The summed E-state index contributed by atoms with van der Waals surface area (Å²) in [5.41, 5.74) is 0.895. The van der Waals surface area contributed by atoms with Crippen molar-refractivity contribution in [3.05, 3.63) is 35.9 Å². The number of amides is 1. The van der Waals surface area contributed by atoms with Gasteiger partial charge in [-0.05, 0) is 18.4 Å². The molecule has 22 heavy (non-hydrogen) atoms. The molecule has 1 N–H and O–H groups in total. The molecule has 1 saturated heterocycles. The molecule has 0 bridgehead atoms. The van der Waals surface area contributed by atoms with E-state index in [4.69, 9.17) is 0 Å². The number of hydrogen-bond donors (Lipinski definition) is 1. The van der Waals surface area contributed by atoms with E-state index in [-0.39, 0.29) is 42.5 Å². The first-order valence-corrected chi connectivity index (χ1v) is 9.45. The van der Waals surface area contributed by atoms with E-state index in [0.29, 0.717) is 12.8 Å². The minimum atomic E-state index is -3.07. The topological polar surface area (TPSA) is 74.7 Å². The van der Waals surface area contributed by atoms with Crippen LogP contribution >= 0.6 is 0 Å². The number of hydrogen-bond acceptors (Lipinski definition) is 4. The van der Waals surface area contributed by atoms with Gasteiger partial charge in [-0.25, -0.2) is 8.42 Å². The third kappa shape index (κ3) is 4.08. The first-order chi connectivity index (χ1) is 10.5. The van der Waals surface area contributed by atoms with Gasteiger partial charge in [0.1, 0.15) is 0 Å². The van der Waals surface area contributed by atoms with Gasteiger partial charge in [-0.15, -0.1) is 0 Å². The Hall–Kier alpha value is -1.40. The van der Waals surface area contributed by atoms with Gasteiger partial charge in [-0.1, -0.05) is 37.3 Å². The van der Waals surface area contributed by atoms with E-state index in [1.165, 1.54) is 0 Å². The van der Waals surface area contributed by atoms with Crippen LogP contribution in [-0.4, -0.2) is 54.5 Å². The van der Waals surface area contributed by atoms with Crippen LogP contribution in [0.5, 0.6) is 0 Å². The van der Waals surface area contributed by atoms with Crippen LogP contribution in [0.4, 0.5) is 0 Å². The average molecular weight is 325 g/mol. The zero-order valence-corrected chi connectivity index (χ0v) is 13.6. The molecule has 1 aromatic carbocycles. The highest BCUT2D eigenvalue weighted by Gasteiger charge is 2.37. The van der Waals surface area contributed by atoms with E-state index in [0.717, 1.165) is 5.56 Å². The fraction of sp³-hybridized carbons (Fsp3) is 0.562. The first-order valence-electron chi connectivity index (χ1n) is 7.63. The van der Waals surface area contributed by atoms with Gasteiger partial charge in [0.2, 0.25) is 5.91 Å². The summed E-state index contributed by atoms with van der Waals surface area (Å²) >= 11 is 0. The van der Waals surface area contributed by atoms with E-state index < -0.39 is 9.84 Å². The highest BCUT2D eigenvalue weighted by atomic mass is 32.2. The van der Waals surface area contributed by atoms with Crippen LogP contribution in [0.1, 0.15) is 25.3 Å². The summed E-state index contributed by atoms with van der Waals surface area (Å²) in [6, 6.07) is 8.74. The number of aliphatic hydroxyl groups excluding tert-OH is 1. The van der Waals surface area contributed by atoms with Crippen LogP contribution in [0, 0.1) is 0 Å². The van der Waals surface area contributed by atoms with E-state index in [2.05, 4.69) is 0 Å². The molecule has 122 valence electrons. The Bertz CT molecular complexity index is 596. The molecule has 1 aliphatic heterocycles. The average Bonchev–Trinajstić information content (AvgIpc) is 2.85. The zero-order valence-electron chi connectivity index (χ0n) is 12.8. The van der Waals surface area contributed by atoms with Crippen molar-refractivity contribution < 1.29 is 18.3 Å². The maximum atomic E-state index is 12.7. The van der Waals surface area contributed by atoms with E-state index >= 15 is 0 Å². The second kappa shape index (κ2) is 7.24. The lowest BCUT2D eigenvalue weighted by Gasteiger charge is -2.35. The van der Waals surface area contributed by atoms with E-state index in [1.54, 1.807) is 4.90 Å². The monoisotopic (exact) mass is 325 g/mol. The summed E-state index contributed by atoms with van der Waals surface area (Å²) in [5.74, 6) is 0.00721. The van der Waals surface area contributed by atoms with E-state index in [9.17, 15) is 18.3 Å². The fourth-order valence-corrected chi connectivity index (χ4v) is 4.69. The lowest BCUT2D eigenvalue weighted by Crippen LogP contribution is -2.49. The number of rotatable bonds is 6. The summed E-state index contributed by atoms with van der Waals surface area (Å²) in [6.45, 7) is 1.75. The van der Waals surface area contributed by atoms with Crippen molar-refractivity contribution in [3.8, 4) is 0 Å². The van der Waals surface area contributed by atoms with Gasteiger partial charge >= 0.3 is 0 Å². The number of carbonyl (C=O) groups is 1. The second-order valence-electron chi connectivity index (χ2n) is 5.76. The van der Waals surface area contributed by atoms with Gasteiger partial charge in [0.25, 0.3) is 0 Å². The highest BCUT2D eigenvalue weighted by Crippen LogP contribution is 2.22. The van der Waals surface area contributed by atoms with Crippen molar-refractivity contribution >= 4 is 15.7 Å². The van der Waals surface area contributed by atoms with Crippen LogP contribution in [-0.2, 0) is 21.1 Å². The van der Waals surface area contributed by atoms with Crippen LogP contribution in [0.3, 0.4) is 0 Å². The van der Waals surface area contributed by atoms with Crippen LogP contribution in [0.2, 0.25) is 0 Å². The van der Waals surface area contributed by atoms with Gasteiger partial charge in [0, 0.05) is 6.04 Å². The Balaban J connectivity index is 2.19. The smallest absolute Gasteiger partial charge is 0.227 e. The Morgan fingerprint density at radius 2 is 2.05 bits per heavy atom. The molecule has 0 unspecified atom stereocenters. The van der Waals surface area contributed by atoms with Crippen molar-refractivity contribution in [2.45, 2.75) is 38.3 Å². The molecule has 1 aromatic rings. The molecule has 0 radical (unpaired) electrons. The Morgan fingerprint density at radius 1 is 1.36 bits per heavy atom. The molecule has 2 rings (SSSR count). The molecule has 1 heterocycles. The number of benzene rings is 1. The van der Waals surface area contributed by atoms with E-state index in [1.807, 2.05) is 37.3 Å². The molecule has 1 aliphatic rings. The fourth-order valence-electron chi connectivity index (χ4n) is 2.98. The maximum absolute atomic E-state index is 12.7. The lowest BCUT2D eigenvalue weighted by molar-refractivity contribution is -0.136. The molecule has 0 aromatic heterocycles. The Morgan fingerprint density at radius 3 is 2.55 bits per heavy atom. The third-order valence-electron chi connectivity index (χ3n) is 4.16. The molecule has 1 amide bonds. The molecule has 5 nitrogen and oxygen atoms in total. The quantitative estimate of drug-likeness (QED) is 0.847. The van der Waals surface area contributed by atoms with Gasteiger partial charge in [-0.3, -0.25) is 4.79 Å². The van der Waals surface area contributed by atoms with Crippen molar-refractivity contribution in [1.29, 1.82) is 0 Å². The lowest BCUT2D eigenvalue weighted by atomic mass is 10.1. The Kier molecular flexibility index (Phi) is 5.58. The van der Waals surface area contributed by atoms with Gasteiger partial charge in [-0.2, -0.15) is 0 Å². The van der Waals surface area contributed by atoms with Gasteiger partial charge < -0.3 is 10.0 Å². The molecule has 2 atom stereocenters. The molecule has 1 fully saturated rings. The SMILES string of the molecule is CC[C@@H](CO)N(C(=O)Cc1ccccc1)[C@H]1CCS(=O)(=O)C1. The summed E-state index contributed by atoms with van der Waals surface area (Å²) in [5, 5.41) is 9.56. The molecule has 0 spiro atoms. The number of aliphatic hydroxyl groups is 1. The summed E-state index contributed by atoms with van der Waals surface area (Å²) in [7, 11) is -3.07. The predicted molar refractivity (Wildman–Crippen MR) is 85.2 cm³/mol. The zero-order chi connectivity index (χ0) is 16.2. The summed E-state index contributed by atoms with van der Waals surface area (Å²) in [6.07, 6.45) is 1.29. The molecule has 0 aliphatic carbocycles. The van der Waals surface area contributed by atoms with Gasteiger partial charge in [0.15, 0.2) is 9.84 Å². The minimum absolute atomic E-state index is 0.00400. The van der Waals surface area contributed by atoms with Crippen molar-refractivity contribution in [2.75, 3.05) is 18.1 Å². The predicted octanol–water partition coefficient (Wildman–Crippen LogP) is 1.02. The normalized spacial score (nSPS) is 21.5. The summed E-state index contributed by atoms with van der Waals surface area (Å²) < 4.78 is 23.5. The van der Waals surface area contributed by atoms with Crippen molar-refractivity contribution in [3.63, 3.8) is 0 Å². The van der Waals surface area contributed by atoms with Crippen LogP contribution < -0.4 is 0 Å². The molecule has 6 heteroatoms. The van der Waals surface area contributed by atoms with Crippen LogP contribution in [0.25, 0.3) is 0 Å².